The highest BCUT2D eigenvalue weighted by Crippen LogP contribution is 2.53. The van der Waals surface area contributed by atoms with Crippen LogP contribution in [-0.2, 0) is 10.3 Å². The van der Waals surface area contributed by atoms with Crippen molar-refractivity contribution in [1.29, 1.82) is 0 Å². The molecule has 1 aliphatic rings. The van der Waals surface area contributed by atoms with Crippen molar-refractivity contribution in [1.82, 2.24) is 0 Å². The Balaban J connectivity index is 1.85. The van der Waals surface area contributed by atoms with Gasteiger partial charge in [0.2, 0.25) is 0 Å². The summed E-state index contributed by atoms with van der Waals surface area (Å²) >= 11 is 1.81. The predicted molar refractivity (Wildman–Crippen MR) is 121 cm³/mol. The number of aliphatic hydroxyl groups is 1. The van der Waals surface area contributed by atoms with Crippen molar-refractivity contribution in [2.45, 2.75) is 37.1 Å². The zero-order chi connectivity index (χ0) is 21.0. The van der Waals surface area contributed by atoms with Gasteiger partial charge in [-0.15, -0.1) is 0 Å². The second-order valence-electron chi connectivity index (χ2n) is 7.77. The number of ether oxygens (including phenoxy) is 1. The number of hydrogen-bond acceptors (Lipinski definition) is 3. The first-order chi connectivity index (χ1) is 14.6. The Labute approximate surface area is 182 Å². The van der Waals surface area contributed by atoms with E-state index in [2.05, 4.69) is 6.92 Å². The summed E-state index contributed by atoms with van der Waals surface area (Å²) in [5.41, 5.74) is 1.69. The predicted octanol–water partition coefficient (Wildman–Crippen LogP) is 6.08. The Morgan fingerprint density at radius 2 is 1.57 bits per heavy atom. The van der Waals surface area contributed by atoms with E-state index in [0.717, 1.165) is 28.2 Å². The van der Waals surface area contributed by atoms with Crippen LogP contribution in [0.25, 0.3) is 0 Å². The largest absolute Gasteiger partial charge is 0.384 e. The molecule has 0 aliphatic carbocycles. The van der Waals surface area contributed by atoms with Crippen LogP contribution in [0.2, 0.25) is 0 Å². The molecule has 0 unspecified atom stereocenters. The Morgan fingerprint density at radius 1 is 0.933 bits per heavy atom. The van der Waals surface area contributed by atoms with E-state index in [0.29, 0.717) is 6.42 Å². The van der Waals surface area contributed by atoms with Gasteiger partial charge in [0.15, 0.2) is 0 Å². The highest BCUT2D eigenvalue weighted by atomic mass is 32.2. The third-order valence-corrected chi connectivity index (χ3v) is 6.85. The molecule has 0 radical (unpaired) electrons. The standard InChI is InChI=1S/C26H27FO2S/c1-2-30-18-23-17-26(28,21-11-7-4-8-12-21)24(19-9-5-3-6-10-19)25(29-23)20-13-15-22(27)16-14-20/h3-16,23-25,28H,2,17-18H2,1H3/t23-,24-,25-,26-/m0/s1. The quantitative estimate of drug-likeness (QED) is 0.522. The first-order valence-corrected chi connectivity index (χ1v) is 11.6. The summed E-state index contributed by atoms with van der Waals surface area (Å²) in [6, 6.07) is 26.4. The van der Waals surface area contributed by atoms with Gasteiger partial charge in [-0.25, -0.2) is 4.39 Å². The molecule has 1 heterocycles. The normalized spacial score (nSPS) is 26.4. The molecule has 3 aromatic carbocycles. The molecule has 3 aromatic rings. The maximum absolute atomic E-state index is 13.6. The van der Waals surface area contributed by atoms with Gasteiger partial charge < -0.3 is 9.84 Å². The minimum Gasteiger partial charge on any atom is -0.384 e. The smallest absolute Gasteiger partial charge is 0.123 e. The molecule has 4 atom stereocenters. The highest BCUT2D eigenvalue weighted by Gasteiger charge is 2.50. The topological polar surface area (TPSA) is 29.5 Å². The van der Waals surface area contributed by atoms with Crippen molar-refractivity contribution in [2.24, 2.45) is 0 Å². The lowest BCUT2D eigenvalue weighted by atomic mass is 9.68. The van der Waals surface area contributed by atoms with Gasteiger partial charge in [-0.2, -0.15) is 11.8 Å². The summed E-state index contributed by atoms with van der Waals surface area (Å²) in [5.74, 6) is 1.22. The van der Waals surface area contributed by atoms with Gasteiger partial charge in [0.1, 0.15) is 11.4 Å². The lowest BCUT2D eigenvalue weighted by Crippen LogP contribution is -2.47. The molecule has 0 aromatic heterocycles. The summed E-state index contributed by atoms with van der Waals surface area (Å²) in [4.78, 5) is 0. The van der Waals surface area contributed by atoms with Crippen molar-refractivity contribution in [3.63, 3.8) is 0 Å². The third kappa shape index (κ3) is 4.31. The zero-order valence-electron chi connectivity index (χ0n) is 17.1. The summed E-state index contributed by atoms with van der Waals surface area (Å²) in [5, 5.41) is 12.2. The molecular formula is C26H27FO2S. The van der Waals surface area contributed by atoms with Crippen LogP contribution < -0.4 is 0 Å². The Morgan fingerprint density at radius 3 is 2.20 bits per heavy atom. The van der Waals surface area contributed by atoms with Crippen molar-refractivity contribution in [3.05, 3.63) is 107 Å². The highest BCUT2D eigenvalue weighted by molar-refractivity contribution is 7.99. The fraction of sp³-hybridized carbons (Fsp3) is 0.308. The van der Waals surface area contributed by atoms with Gasteiger partial charge in [0.05, 0.1) is 12.2 Å². The SMILES string of the molecule is CCSC[C@@H]1C[C@](O)(c2ccccc2)[C@@H](c2ccccc2)[C@H](c2ccc(F)cc2)O1. The van der Waals surface area contributed by atoms with Gasteiger partial charge in [0, 0.05) is 18.1 Å². The van der Waals surface area contributed by atoms with Crippen molar-refractivity contribution >= 4 is 11.8 Å². The molecule has 0 saturated carbocycles. The van der Waals surface area contributed by atoms with Crippen LogP contribution in [0.5, 0.6) is 0 Å². The number of rotatable bonds is 6. The molecule has 0 spiro atoms. The van der Waals surface area contributed by atoms with E-state index >= 15 is 0 Å². The summed E-state index contributed by atoms with van der Waals surface area (Å²) < 4.78 is 20.2. The van der Waals surface area contributed by atoms with E-state index in [1.807, 2.05) is 72.4 Å². The second kappa shape index (κ2) is 9.34. The lowest BCUT2D eigenvalue weighted by Gasteiger charge is -2.48. The fourth-order valence-electron chi connectivity index (χ4n) is 4.46. The van der Waals surface area contributed by atoms with Crippen LogP contribution in [0.4, 0.5) is 4.39 Å². The molecule has 30 heavy (non-hydrogen) atoms. The van der Waals surface area contributed by atoms with Crippen LogP contribution in [-0.4, -0.2) is 22.7 Å². The van der Waals surface area contributed by atoms with E-state index < -0.39 is 5.60 Å². The molecule has 1 N–H and O–H groups in total. The van der Waals surface area contributed by atoms with Gasteiger partial charge in [0.25, 0.3) is 0 Å². The molecule has 2 nitrogen and oxygen atoms in total. The van der Waals surface area contributed by atoms with E-state index in [1.165, 1.54) is 12.1 Å². The molecular weight excluding hydrogens is 395 g/mol. The average Bonchev–Trinajstić information content (AvgIpc) is 2.79. The molecule has 1 saturated heterocycles. The van der Waals surface area contributed by atoms with Crippen LogP contribution in [0.1, 0.15) is 42.1 Å². The second-order valence-corrected chi connectivity index (χ2v) is 9.09. The number of benzene rings is 3. The Bertz CT molecular complexity index is 932. The number of halogens is 1. The average molecular weight is 423 g/mol. The maximum atomic E-state index is 13.6. The molecule has 1 aliphatic heterocycles. The Kier molecular flexibility index (Phi) is 6.57. The number of hydrogen-bond donors (Lipinski definition) is 1. The summed E-state index contributed by atoms with van der Waals surface area (Å²) in [6.45, 7) is 2.13. The van der Waals surface area contributed by atoms with Gasteiger partial charge >= 0.3 is 0 Å². The van der Waals surface area contributed by atoms with Crippen molar-refractivity contribution < 1.29 is 14.2 Å². The first kappa shape index (κ1) is 21.1. The van der Waals surface area contributed by atoms with Crippen LogP contribution in [0.15, 0.2) is 84.9 Å². The van der Waals surface area contributed by atoms with Crippen LogP contribution in [0.3, 0.4) is 0 Å². The minimum absolute atomic E-state index is 0.102. The summed E-state index contributed by atoms with van der Waals surface area (Å²) in [6.07, 6.45) is 0.0333. The molecule has 1 fully saturated rings. The molecule has 156 valence electrons. The van der Waals surface area contributed by atoms with Gasteiger partial charge in [-0.05, 0) is 34.6 Å². The van der Waals surface area contributed by atoms with E-state index in [4.69, 9.17) is 4.74 Å². The monoisotopic (exact) mass is 422 g/mol. The van der Waals surface area contributed by atoms with Crippen molar-refractivity contribution in [3.8, 4) is 0 Å². The Hall–Kier alpha value is -2.14. The van der Waals surface area contributed by atoms with Gasteiger partial charge in [-0.3, -0.25) is 0 Å². The molecule has 0 amide bonds. The van der Waals surface area contributed by atoms with E-state index in [1.54, 1.807) is 12.1 Å². The minimum atomic E-state index is -1.10. The molecule has 0 bridgehead atoms. The maximum Gasteiger partial charge on any atom is 0.123 e. The van der Waals surface area contributed by atoms with Crippen molar-refractivity contribution in [2.75, 3.05) is 11.5 Å². The zero-order valence-corrected chi connectivity index (χ0v) is 17.9. The van der Waals surface area contributed by atoms with Crippen LogP contribution in [0, 0.1) is 5.82 Å². The van der Waals surface area contributed by atoms with E-state index in [9.17, 15) is 9.50 Å². The molecule has 4 heteroatoms. The van der Waals surface area contributed by atoms with Gasteiger partial charge in [-0.1, -0.05) is 79.7 Å². The third-order valence-electron chi connectivity index (χ3n) is 5.83. The number of thioether (sulfide) groups is 1. The fourth-order valence-corrected chi connectivity index (χ4v) is 5.16. The molecule has 4 rings (SSSR count). The summed E-state index contributed by atoms with van der Waals surface area (Å²) in [7, 11) is 0. The van der Waals surface area contributed by atoms with Crippen LogP contribution >= 0.6 is 11.8 Å². The van der Waals surface area contributed by atoms with E-state index in [-0.39, 0.29) is 23.9 Å². The lowest BCUT2D eigenvalue weighted by molar-refractivity contribution is -0.161. The first-order valence-electron chi connectivity index (χ1n) is 10.4.